The maximum atomic E-state index is 12.7. The Morgan fingerprint density at radius 2 is 1.75 bits per heavy atom. The van der Waals surface area contributed by atoms with Gasteiger partial charge in [-0.05, 0) is 36.2 Å². The van der Waals surface area contributed by atoms with E-state index >= 15 is 0 Å². The average Bonchev–Trinajstić information content (AvgIpc) is 3.64. The fraction of sp³-hybridized carbons (Fsp3) is 0.103. The second-order valence-corrected chi connectivity index (χ2v) is 8.93. The lowest BCUT2D eigenvalue weighted by atomic mass is 10.0. The molecule has 2 aromatic carbocycles. The summed E-state index contributed by atoms with van der Waals surface area (Å²) < 4.78 is 1.94. The van der Waals surface area contributed by atoms with Gasteiger partial charge in [0.2, 0.25) is 0 Å². The van der Waals surface area contributed by atoms with Crippen LogP contribution >= 0.6 is 0 Å². The normalized spacial score (nSPS) is 11.2. The van der Waals surface area contributed by atoms with Crippen molar-refractivity contribution in [1.82, 2.24) is 29.7 Å². The number of nitrogens with one attached hydrogen (secondary N) is 2. The fourth-order valence-electron chi connectivity index (χ4n) is 4.45. The summed E-state index contributed by atoms with van der Waals surface area (Å²) in [4.78, 5) is 25.1. The molecule has 176 valence electrons. The number of hydrogen-bond donors (Lipinski definition) is 2. The molecule has 0 saturated heterocycles. The van der Waals surface area contributed by atoms with E-state index in [0.717, 1.165) is 56.2 Å². The van der Waals surface area contributed by atoms with Gasteiger partial charge in [-0.1, -0.05) is 54.6 Å². The molecule has 6 rings (SSSR count). The number of Topliss-reactive ketones (excluding diaryl/α,β-unsaturated/α-hetero) is 1. The van der Waals surface area contributed by atoms with Crippen LogP contribution in [-0.2, 0) is 17.6 Å². The van der Waals surface area contributed by atoms with Gasteiger partial charge in [-0.2, -0.15) is 5.10 Å². The Hall–Kier alpha value is -4.78. The number of aryl methyl sites for hydroxylation is 1. The molecule has 0 spiro atoms. The van der Waals surface area contributed by atoms with E-state index in [2.05, 4.69) is 31.2 Å². The molecule has 6 aromatic rings. The van der Waals surface area contributed by atoms with Gasteiger partial charge in [0.1, 0.15) is 17.9 Å². The second kappa shape index (κ2) is 9.11. The number of H-pyrrole nitrogens is 2. The molecule has 0 atom stereocenters. The predicted octanol–water partition coefficient (Wildman–Crippen LogP) is 5.47. The molecular formula is C29H24N6O. The van der Waals surface area contributed by atoms with Gasteiger partial charge in [-0.25, -0.2) is 9.97 Å². The van der Waals surface area contributed by atoms with Crippen LogP contribution in [0.3, 0.4) is 0 Å². The number of benzene rings is 2. The number of ketones is 1. The topological polar surface area (TPSA) is 92.2 Å². The van der Waals surface area contributed by atoms with E-state index in [-0.39, 0.29) is 5.78 Å². The quantitative estimate of drug-likeness (QED) is 0.322. The van der Waals surface area contributed by atoms with Crippen LogP contribution in [0.4, 0.5) is 0 Å². The monoisotopic (exact) mass is 472 g/mol. The average molecular weight is 473 g/mol. The zero-order valence-corrected chi connectivity index (χ0v) is 19.8. The van der Waals surface area contributed by atoms with Crippen LogP contribution < -0.4 is 0 Å². The number of fused-ring (bicyclic) bond motifs is 1. The zero-order chi connectivity index (χ0) is 24.5. The molecule has 0 aliphatic rings. The van der Waals surface area contributed by atoms with E-state index in [9.17, 15) is 4.79 Å². The minimum absolute atomic E-state index is 0.142. The fourth-order valence-corrected chi connectivity index (χ4v) is 4.45. The molecule has 0 radical (unpaired) electrons. The number of aromatic amines is 2. The number of nitrogens with zero attached hydrogens (tertiary/aromatic N) is 4. The minimum Gasteiger partial charge on any atom is -0.354 e. The smallest absolute Gasteiger partial charge is 0.147 e. The standard InChI is InChI=1S/C29H24N6O/c1-19-17-35(18-31-19)29-25-16-27(32-26(25)11-12-30-29)22-9-7-20(8-10-22)13-24(36)14-23-15-28(34-33-23)21-5-3-2-4-6-21/h2-12,15-18,32H,13-14H2,1H3,(H,33,34). The van der Waals surface area contributed by atoms with Gasteiger partial charge in [0.25, 0.3) is 0 Å². The van der Waals surface area contributed by atoms with Crippen LogP contribution in [0.5, 0.6) is 0 Å². The Morgan fingerprint density at radius 3 is 2.53 bits per heavy atom. The number of rotatable bonds is 7. The van der Waals surface area contributed by atoms with Crippen molar-refractivity contribution >= 4 is 16.7 Å². The van der Waals surface area contributed by atoms with Gasteiger partial charge in [0, 0.05) is 47.6 Å². The molecule has 0 aliphatic carbocycles. The molecule has 0 amide bonds. The largest absolute Gasteiger partial charge is 0.354 e. The van der Waals surface area contributed by atoms with Crippen molar-refractivity contribution < 1.29 is 4.79 Å². The number of hydrogen-bond acceptors (Lipinski definition) is 4. The lowest BCUT2D eigenvalue weighted by Gasteiger charge is -2.03. The molecule has 0 saturated carbocycles. The summed E-state index contributed by atoms with van der Waals surface area (Å²) in [5, 5.41) is 8.37. The van der Waals surface area contributed by atoms with Gasteiger partial charge >= 0.3 is 0 Å². The molecule has 7 heteroatoms. The van der Waals surface area contributed by atoms with Gasteiger partial charge in [0.05, 0.1) is 16.9 Å². The highest BCUT2D eigenvalue weighted by Crippen LogP contribution is 2.28. The van der Waals surface area contributed by atoms with Crippen molar-refractivity contribution in [3.8, 4) is 28.3 Å². The molecule has 4 aromatic heterocycles. The van der Waals surface area contributed by atoms with Crippen molar-refractivity contribution in [2.24, 2.45) is 0 Å². The van der Waals surface area contributed by atoms with Crippen LogP contribution in [0.1, 0.15) is 17.0 Å². The maximum Gasteiger partial charge on any atom is 0.147 e. The Morgan fingerprint density at radius 1 is 0.917 bits per heavy atom. The van der Waals surface area contributed by atoms with Crippen LogP contribution in [0.15, 0.2) is 91.5 Å². The molecule has 0 bridgehead atoms. The summed E-state index contributed by atoms with van der Waals surface area (Å²) in [6, 6.07) is 24.1. The minimum atomic E-state index is 0.142. The van der Waals surface area contributed by atoms with E-state index in [1.165, 1.54) is 0 Å². The van der Waals surface area contributed by atoms with Crippen molar-refractivity contribution in [3.63, 3.8) is 0 Å². The lowest BCUT2D eigenvalue weighted by Crippen LogP contribution is -2.06. The van der Waals surface area contributed by atoms with E-state index in [1.807, 2.05) is 84.4 Å². The number of carbonyl (C=O) groups is 1. The van der Waals surface area contributed by atoms with Crippen LogP contribution in [0, 0.1) is 6.92 Å². The SMILES string of the molecule is Cc1cn(-c2nccc3[nH]c(-c4ccc(CC(=O)Cc5cc(-c6ccccc6)n[nH]5)cc4)cc23)cn1. The van der Waals surface area contributed by atoms with Crippen molar-refractivity contribution in [3.05, 3.63) is 108 Å². The number of imidazole rings is 1. The molecule has 4 heterocycles. The van der Waals surface area contributed by atoms with Gasteiger partial charge in [-0.15, -0.1) is 0 Å². The molecule has 0 unspecified atom stereocenters. The Labute approximate surface area is 207 Å². The van der Waals surface area contributed by atoms with Crippen LogP contribution in [0.2, 0.25) is 0 Å². The highest BCUT2D eigenvalue weighted by Gasteiger charge is 2.12. The first-order chi connectivity index (χ1) is 17.6. The Balaban J connectivity index is 1.16. The first kappa shape index (κ1) is 21.7. The van der Waals surface area contributed by atoms with Crippen LogP contribution in [-0.4, -0.2) is 35.5 Å². The van der Waals surface area contributed by atoms with E-state index in [1.54, 1.807) is 12.5 Å². The summed E-state index contributed by atoms with van der Waals surface area (Å²) in [5.74, 6) is 0.981. The first-order valence-electron chi connectivity index (χ1n) is 11.8. The Kier molecular flexibility index (Phi) is 5.50. The van der Waals surface area contributed by atoms with Crippen molar-refractivity contribution in [2.45, 2.75) is 19.8 Å². The summed E-state index contributed by atoms with van der Waals surface area (Å²) in [5.41, 5.74) is 7.70. The molecule has 36 heavy (non-hydrogen) atoms. The summed E-state index contributed by atoms with van der Waals surface area (Å²) in [7, 11) is 0. The van der Waals surface area contributed by atoms with Crippen molar-refractivity contribution in [1.29, 1.82) is 0 Å². The molecule has 0 fully saturated rings. The third-order valence-electron chi connectivity index (χ3n) is 6.24. The van der Waals surface area contributed by atoms with E-state index in [0.29, 0.717) is 12.8 Å². The van der Waals surface area contributed by atoms with Gasteiger partial charge < -0.3 is 4.98 Å². The zero-order valence-electron chi connectivity index (χ0n) is 19.8. The number of aromatic nitrogens is 6. The molecular weight excluding hydrogens is 448 g/mol. The highest BCUT2D eigenvalue weighted by atomic mass is 16.1. The Bertz CT molecular complexity index is 1660. The second-order valence-electron chi connectivity index (χ2n) is 8.93. The third kappa shape index (κ3) is 4.34. The van der Waals surface area contributed by atoms with E-state index < -0.39 is 0 Å². The summed E-state index contributed by atoms with van der Waals surface area (Å²) in [6.45, 7) is 1.96. The summed E-state index contributed by atoms with van der Waals surface area (Å²) in [6.07, 6.45) is 6.24. The van der Waals surface area contributed by atoms with Gasteiger partial charge in [-0.3, -0.25) is 14.5 Å². The van der Waals surface area contributed by atoms with Crippen LogP contribution in [0.25, 0.3) is 39.2 Å². The third-order valence-corrected chi connectivity index (χ3v) is 6.24. The molecule has 0 aliphatic heterocycles. The predicted molar refractivity (Wildman–Crippen MR) is 140 cm³/mol. The number of pyridine rings is 1. The molecule has 7 nitrogen and oxygen atoms in total. The number of carbonyl (C=O) groups excluding carboxylic acids is 1. The van der Waals surface area contributed by atoms with Crippen molar-refractivity contribution in [2.75, 3.05) is 0 Å². The summed E-state index contributed by atoms with van der Waals surface area (Å²) >= 11 is 0. The van der Waals surface area contributed by atoms with Gasteiger partial charge in [0.15, 0.2) is 0 Å². The molecule has 2 N–H and O–H groups in total. The lowest BCUT2D eigenvalue weighted by molar-refractivity contribution is -0.117. The first-order valence-corrected chi connectivity index (χ1v) is 11.8. The highest BCUT2D eigenvalue weighted by molar-refractivity contribution is 5.91. The van der Waals surface area contributed by atoms with E-state index in [4.69, 9.17) is 0 Å². The maximum absolute atomic E-state index is 12.7.